The summed E-state index contributed by atoms with van der Waals surface area (Å²) in [5.74, 6) is -0.929. The van der Waals surface area contributed by atoms with Gasteiger partial charge in [0, 0.05) is 11.1 Å². The first-order valence-corrected chi connectivity index (χ1v) is 7.09. The fourth-order valence-electron chi connectivity index (χ4n) is 2.62. The van der Waals surface area contributed by atoms with Gasteiger partial charge in [-0.1, -0.05) is 36.4 Å². The average Bonchev–Trinajstić information content (AvgIpc) is 2.80. The molecule has 2 aromatic carbocycles. The summed E-state index contributed by atoms with van der Waals surface area (Å²) in [5, 5.41) is 0. The second kappa shape index (κ2) is 5.06. The molecule has 2 atom stereocenters. The van der Waals surface area contributed by atoms with Crippen molar-refractivity contribution in [2.75, 3.05) is 11.5 Å². The summed E-state index contributed by atoms with van der Waals surface area (Å²) in [6, 6.07) is 15.4. The molecule has 2 unspecified atom stereocenters. The van der Waals surface area contributed by atoms with Crippen LogP contribution >= 0.6 is 0 Å². The fourth-order valence-corrected chi connectivity index (χ4v) is 2.62. The van der Waals surface area contributed by atoms with Crippen LogP contribution in [0.15, 0.2) is 48.5 Å². The Balaban J connectivity index is 2.15. The van der Waals surface area contributed by atoms with Crippen LogP contribution in [0.1, 0.15) is 25.0 Å². The lowest BCUT2D eigenvalue weighted by molar-refractivity contribution is -0.147. The van der Waals surface area contributed by atoms with Gasteiger partial charge in [-0.05, 0) is 26.0 Å². The molecule has 0 aromatic heterocycles. The monoisotopic (exact) mass is 284 g/mol. The summed E-state index contributed by atoms with van der Waals surface area (Å²) in [6.07, 6.45) is -0.0204. The van der Waals surface area contributed by atoms with E-state index in [1.807, 2.05) is 56.3 Å². The van der Waals surface area contributed by atoms with E-state index >= 15 is 0 Å². The van der Waals surface area contributed by atoms with Gasteiger partial charge in [-0.15, -0.1) is 0 Å². The summed E-state index contributed by atoms with van der Waals surface area (Å²) in [4.78, 5) is 0. The number of nitrogen functional groups attached to an aromatic ring is 2. The van der Waals surface area contributed by atoms with E-state index in [0.29, 0.717) is 11.4 Å². The maximum Gasteiger partial charge on any atom is 0.223 e. The van der Waals surface area contributed by atoms with E-state index in [4.69, 9.17) is 20.9 Å². The van der Waals surface area contributed by atoms with Crippen LogP contribution in [0.4, 0.5) is 11.4 Å². The van der Waals surface area contributed by atoms with E-state index in [1.54, 1.807) is 6.07 Å². The van der Waals surface area contributed by atoms with E-state index in [1.165, 1.54) is 0 Å². The Hall–Kier alpha value is -2.04. The van der Waals surface area contributed by atoms with Crippen LogP contribution in [0.2, 0.25) is 0 Å². The van der Waals surface area contributed by atoms with Gasteiger partial charge in [-0.25, -0.2) is 0 Å². The van der Waals surface area contributed by atoms with Crippen LogP contribution < -0.4 is 11.5 Å². The van der Waals surface area contributed by atoms with Crippen molar-refractivity contribution in [1.29, 1.82) is 0 Å². The first kappa shape index (κ1) is 13.9. The third-order valence-corrected chi connectivity index (χ3v) is 3.99. The minimum atomic E-state index is -0.929. The van der Waals surface area contributed by atoms with E-state index in [-0.39, 0.29) is 12.2 Å². The predicted octanol–water partition coefficient (Wildman–Crippen LogP) is 2.88. The average molecular weight is 284 g/mol. The number of nitrogens with two attached hydrogens (primary N) is 2. The standard InChI is InChI=1S/C17H20N2O2/c1-11-12(2)21-17(20-11,13-6-4-3-5-7-13)14-8-9-15(18)16(19)10-14/h3-12H,18-19H2,1-2H3. The van der Waals surface area contributed by atoms with Gasteiger partial charge in [0.1, 0.15) is 0 Å². The molecular weight excluding hydrogens is 264 g/mol. The molecule has 4 nitrogen and oxygen atoms in total. The van der Waals surface area contributed by atoms with Crippen molar-refractivity contribution in [2.24, 2.45) is 0 Å². The smallest absolute Gasteiger partial charge is 0.223 e. The molecule has 1 saturated heterocycles. The van der Waals surface area contributed by atoms with Crippen LogP contribution in [-0.4, -0.2) is 12.2 Å². The van der Waals surface area contributed by atoms with Crippen molar-refractivity contribution in [3.8, 4) is 0 Å². The Morgan fingerprint density at radius 1 is 0.810 bits per heavy atom. The third kappa shape index (κ3) is 2.26. The molecule has 1 aliphatic rings. The summed E-state index contributed by atoms with van der Waals surface area (Å²) in [7, 11) is 0. The molecule has 3 rings (SSSR count). The SMILES string of the molecule is CC1OC(c2ccccc2)(c2ccc(N)c(N)c2)OC1C. The third-order valence-electron chi connectivity index (χ3n) is 3.99. The Morgan fingerprint density at radius 3 is 2.00 bits per heavy atom. The minimum Gasteiger partial charge on any atom is -0.397 e. The van der Waals surface area contributed by atoms with Gasteiger partial charge >= 0.3 is 0 Å². The predicted molar refractivity (Wildman–Crippen MR) is 83.6 cm³/mol. The van der Waals surface area contributed by atoms with Crippen LogP contribution in [-0.2, 0) is 15.3 Å². The Bertz CT molecular complexity index is 632. The molecule has 4 N–H and O–H groups in total. The zero-order valence-electron chi connectivity index (χ0n) is 12.2. The molecular formula is C17H20N2O2. The Labute approximate surface area is 124 Å². The number of hydrogen-bond donors (Lipinski definition) is 2. The van der Waals surface area contributed by atoms with E-state index in [2.05, 4.69) is 0 Å². The molecule has 4 heteroatoms. The van der Waals surface area contributed by atoms with E-state index in [0.717, 1.165) is 11.1 Å². The molecule has 0 bridgehead atoms. The van der Waals surface area contributed by atoms with Crippen LogP contribution in [0, 0.1) is 0 Å². The molecule has 0 amide bonds. The topological polar surface area (TPSA) is 70.5 Å². The number of benzene rings is 2. The summed E-state index contributed by atoms with van der Waals surface area (Å²) in [6.45, 7) is 4.02. The largest absolute Gasteiger partial charge is 0.397 e. The zero-order chi connectivity index (χ0) is 15.0. The molecule has 0 spiro atoms. The molecule has 21 heavy (non-hydrogen) atoms. The first-order chi connectivity index (χ1) is 10.0. The lowest BCUT2D eigenvalue weighted by Gasteiger charge is -2.29. The normalized spacial score (nSPS) is 28.7. The molecule has 1 heterocycles. The van der Waals surface area contributed by atoms with Crippen molar-refractivity contribution in [3.05, 3.63) is 59.7 Å². The lowest BCUT2D eigenvalue weighted by Crippen LogP contribution is -2.29. The maximum absolute atomic E-state index is 6.21. The van der Waals surface area contributed by atoms with Gasteiger partial charge in [0.15, 0.2) is 0 Å². The van der Waals surface area contributed by atoms with Gasteiger partial charge in [0.25, 0.3) is 0 Å². The molecule has 110 valence electrons. The van der Waals surface area contributed by atoms with Gasteiger partial charge in [0.05, 0.1) is 23.6 Å². The van der Waals surface area contributed by atoms with Gasteiger partial charge in [0.2, 0.25) is 5.79 Å². The second-order valence-corrected chi connectivity index (χ2v) is 5.47. The molecule has 0 radical (unpaired) electrons. The highest BCUT2D eigenvalue weighted by Gasteiger charge is 2.47. The second-order valence-electron chi connectivity index (χ2n) is 5.47. The summed E-state index contributed by atoms with van der Waals surface area (Å²) < 4.78 is 12.4. The molecule has 1 aliphatic heterocycles. The highest BCUT2D eigenvalue weighted by atomic mass is 16.8. The lowest BCUT2D eigenvalue weighted by atomic mass is 9.96. The van der Waals surface area contributed by atoms with Crippen molar-refractivity contribution < 1.29 is 9.47 Å². The zero-order valence-corrected chi connectivity index (χ0v) is 12.2. The van der Waals surface area contributed by atoms with Gasteiger partial charge < -0.3 is 20.9 Å². The summed E-state index contributed by atoms with van der Waals surface area (Å²) in [5.41, 5.74) is 14.7. The van der Waals surface area contributed by atoms with Crippen LogP contribution in [0.5, 0.6) is 0 Å². The fraction of sp³-hybridized carbons (Fsp3) is 0.294. The molecule has 2 aromatic rings. The molecule has 1 fully saturated rings. The van der Waals surface area contributed by atoms with Gasteiger partial charge in [-0.2, -0.15) is 0 Å². The minimum absolute atomic E-state index is 0.0102. The van der Waals surface area contributed by atoms with Crippen molar-refractivity contribution in [3.63, 3.8) is 0 Å². The van der Waals surface area contributed by atoms with Crippen molar-refractivity contribution >= 4 is 11.4 Å². The van der Waals surface area contributed by atoms with E-state index in [9.17, 15) is 0 Å². The number of ether oxygens (including phenoxy) is 2. The number of hydrogen-bond acceptors (Lipinski definition) is 4. The van der Waals surface area contributed by atoms with Gasteiger partial charge in [-0.3, -0.25) is 0 Å². The van der Waals surface area contributed by atoms with Crippen molar-refractivity contribution in [2.45, 2.75) is 31.8 Å². The van der Waals surface area contributed by atoms with Crippen LogP contribution in [0.3, 0.4) is 0 Å². The highest BCUT2D eigenvalue weighted by molar-refractivity contribution is 5.64. The molecule has 0 aliphatic carbocycles. The van der Waals surface area contributed by atoms with Crippen molar-refractivity contribution in [1.82, 2.24) is 0 Å². The maximum atomic E-state index is 6.21. The highest BCUT2D eigenvalue weighted by Crippen LogP contribution is 2.43. The van der Waals surface area contributed by atoms with Crippen LogP contribution in [0.25, 0.3) is 0 Å². The first-order valence-electron chi connectivity index (χ1n) is 7.09. The Kier molecular flexibility index (Phi) is 3.35. The number of rotatable bonds is 2. The van der Waals surface area contributed by atoms with E-state index < -0.39 is 5.79 Å². The molecule has 0 saturated carbocycles. The Morgan fingerprint density at radius 2 is 1.43 bits per heavy atom. The summed E-state index contributed by atoms with van der Waals surface area (Å²) >= 11 is 0. The number of anilines is 2. The quantitative estimate of drug-likeness (QED) is 0.832.